The normalized spacial score (nSPS) is 21.8. The van der Waals surface area contributed by atoms with E-state index in [2.05, 4.69) is 0 Å². The summed E-state index contributed by atoms with van der Waals surface area (Å²) in [7, 11) is 0. The van der Waals surface area contributed by atoms with Crippen LogP contribution in [0.15, 0.2) is 24.4 Å². The largest absolute Gasteiger partial charge is 0.786 e. The smallest absolute Gasteiger partial charge is 0.0871 e. The van der Waals surface area contributed by atoms with Crippen molar-refractivity contribution in [1.29, 1.82) is 0 Å². The van der Waals surface area contributed by atoms with E-state index in [0.717, 1.165) is 0 Å². The number of aliphatic hydroxyl groups is 1. The topological polar surface area (TPSA) is 58.6 Å². The highest BCUT2D eigenvalue weighted by Crippen LogP contribution is 2.05. The summed E-state index contributed by atoms with van der Waals surface area (Å²) < 4.78 is 0. The van der Waals surface area contributed by atoms with Gasteiger partial charge in [-0.2, -0.15) is 0 Å². The first-order valence-corrected chi connectivity index (χ1v) is 3.97. The van der Waals surface area contributed by atoms with Crippen LogP contribution in [0.5, 0.6) is 0 Å². The van der Waals surface area contributed by atoms with Gasteiger partial charge < -0.3 is 20.7 Å². The summed E-state index contributed by atoms with van der Waals surface area (Å²) in [5.41, 5.74) is 1.92. The van der Waals surface area contributed by atoms with Gasteiger partial charge in [0, 0.05) is 19.4 Å². The minimum absolute atomic E-state index is 0.152. The molecular weight excluding hydrogens is 156 g/mol. The minimum atomic E-state index is -0.276. The van der Waals surface area contributed by atoms with Crippen LogP contribution in [0.4, 0.5) is 0 Å². The third-order valence-corrected chi connectivity index (χ3v) is 1.73. The van der Waals surface area contributed by atoms with Crippen LogP contribution in [0, 0.1) is 5.21 Å². The molecule has 1 rings (SSSR count). The Hall–Kier alpha value is -0.840. The van der Waals surface area contributed by atoms with Gasteiger partial charge in [-0.1, -0.05) is 6.08 Å². The molecule has 0 aliphatic carbocycles. The van der Waals surface area contributed by atoms with Crippen molar-refractivity contribution in [1.82, 2.24) is 10.4 Å². The Bertz CT molecular complexity index is 180. The number of rotatable bonds is 4. The second kappa shape index (κ2) is 4.92. The summed E-state index contributed by atoms with van der Waals surface area (Å²) in [6.45, 7) is 0.844. The Morgan fingerprint density at radius 3 is 3.00 bits per heavy atom. The molecule has 0 spiro atoms. The van der Waals surface area contributed by atoms with E-state index >= 15 is 0 Å². The number of hydrogen-bond acceptors (Lipinski definition) is 4. The molecule has 1 heterocycles. The second-order valence-electron chi connectivity index (χ2n) is 2.60. The third-order valence-electron chi connectivity index (χ3n) is 1.73. The quantitative estimate of drug-likeness (QED) is 0.589. The van der Waals surface area contributed by atoms with Crippen LogP contribution in [0.2, 0.25) is 0 Å². The summed E-state index contributed by atoms with van der Waals surface area (Å²) in [6.07, 6.45) is 7.71. The zero-order valence-electron chi connectivity index (χ0n) is 6.81. The van der Waals surface area contributed by atoms with Crippen LogP contribution in [-0.2, 0) is 0 Å². The predicted octanol–water partition coefficient (Wildman–Crippen LogP) is 0.168. The molecule has 0 aromatic heterocycles. The number of hydrogen-bond donors (Lipinski definition) is 2. The molecule has 0 bridgehead atoms. The Morgan fingerprint density at radius 1 is 1.50 bits per heavy atom. The van der Waals surface area contributed by atoms with Gasteiger partial charge in [-0.15, -0.1) is 0 Å². The van der Waals surface area contributed by atoms with Gasteiger partial charge in [-0.3, -0.25) is 0 Å². The van der Waals surface area contributed by atoms with Crippen molar-refractivity contribution < 1.29 is 5.11 Å². The molecule has 0 aromatic carbocycles. The highest BCUT2D eigenvalue weighted by atomic mass is 16.5. The van der Waals surface area contributed by atoms with E-state index in [1.165, 1.54) is 0 Å². The maximum Gasteiger partial charge on any atom is 0.0871 e. The van der Waals surface area contributed by atoms with Crippen molar-refractivity contribution in [2.75, 3.05) is 13.2 Å². The molecule has 1 aliphatic rings. The molecule has 4 heteroatoms. The molecule has 1 unspecified atom stereocenters. The van der Waals surface area contributed by atoms with Crippen molar-refractivity contribution in [3.63, 3.8) is 0 Å². The van der Waals surface area contributed by atoms with Crippen molar-refractivity contribution in [3.05, 3.63) is 29.6 Å². The number of nitrogens with one attached hydrogen (secondary N) is 1. The van der Waals surface area contributed by atoms with Gasteiger partial charge in [0.05, 0.1) is 6.17 Å². The molecule has 4 nitrogen and oxygen atoms in total. The lowest BCUT2D eigenvalue weighted by Crippen LogP contribution is -2.40. The molecule has 68 valence electrons. The van der Waals surface area contributed by atoms with E-state index in [1.807, 2.05) is 28.7 Å². The molecule has 1 atom stereocenters. The van der Waals surface area contributed by atoms with Crippen molar-refractivity contribution in [2.45, 2.75) is 12.6 Å². The Balaban J connectivity index is 2.39. The first-order valence-electron chi connectivity index (χ1n) is 3.97. The first-order chi connectivity index (χ1) is 5.88. The molecule has 1 aliphatic heterocycles. The average Bonchev–Trinajstić information content (AvgIpc) is 2.15. The van der Waals surface area contributed by atoms with Gasteiger partial charge in [-0.05, 0) is 18.6 Å². The number of hydroxylamine groups is 1. The van der Waals surface area contributed by atoms with E-state index < -0.39 is 0 Å². The van der Waals surface area contributed by atoms with Gasteiger partial charge >= 0.3 is 0 Å². The van der Waals surface area contributed by atoms with Crippen molar-refractivity contribution in [3.8, 4) is 0 Å². The standard InChI is InChI=1S/C8H13N2O2/c11-7-3-6-10-5-2-1-4-8(10)9-12/h1-2,4-5,8-9,11H,3,6-7H2/q-1. The van der Waals surface area contributed by atoms with E-state index in [0.29, 0.717) is 13.0 Å². The van der Waals surface area contributed by atoms with Gasteiger partial charge in [0.25, 0.3) is 0 Å². The zero-order chi connectivity index (χ0) is 8.81. The molecule has 0 fully saturated rings. The van der Waals surface area contributed by atoms with Gasteiger partial charge in [0.2, 0.25) is 0 Å². The average molecular weight is 169 g/mol. The molecule has 0 amide bonds. The van der Waals surface area contributed by atoms with Crippen LogP contribution in [-0.4, -0.2) is 29.3 Å². The van der Waals surface area contributed by atoms with Gasteiger partial charge in [0.1, 0.15) is 0 Å². The molecule has 0 saturated heterocycles. The van der Waals surface area contributed by atoms with Gasteiger partial charge in [-0.25, -0.2) is 0 Å². The summed E-state index contributed by atoms with van der Waals surface area (Å²) in [4.78, 5) is 1.85. The van der Waals surface area contributed by atoms with E-state index in [4.69, 9.17) is 5.11 Å². The van der Waals surface area contributed by atoms with Crippen LogP contribution in [0.1, 0.15) is 6.42 Å². The lowest BCUT2D eigenvalue weighted by Gasteiger charge is -2.33. The van der Waals surface area contributed by atoms with Crippen LogP contribution >= 0.6 is 0 Å². The highest BCUT2D eigenvalue weighted by molar-refractivity contribution is 5.12. The Morgan fingerprint density at radius 2 is 2.33 bits per heavy atom. The zero-order valence-corrected chi connectivity index (χ0v) is 6.81. The van der Waals surface area contributed by atoms with Gasteiger partial charge in [0.15, 0.2) is 0 Å². The van der Waals surface area contributed by atoms with E-state index in [-0.39, 0.29) is 12.8 Å². The summed E-state index contributed by atoms with van der Waals surface area (Å²) in [6, 6.07) is 0. The minimum Gasteiger partial charge on any atom is -0.786 e. The Kier molecular flexibility index (Phi) is 3.79. The molecular formula is C8H13N2O2-. The molecule has 2 N–H and O–H groups in total. The highest BCUT2D eigenvalue weighted by Gasteiger charge is 2.08. The third kappa shape index (κ3) is 2.34. The number of allylic oxidation sites excluding steroid dienone is 2. The fourth-order valence-electron chi connectivity index (χ4n) is 1.11. The first kappa shape index (κ1) is 9.25. The van der Waals surface area contributed by atoms with Crippen LogP contribution < -0.4 is 5.48 Å². The summed E-state index contributed by atoms with van der Waals surface area (Å²) >= 11 is 0. The summed E-state index contributed by atoms with van der Waals surface area (Å²) in [5, 5.41) is 19.0. The van der Waals surface area contributed by atoms with E-state index in [9.17, 15) is 5.21 Å². The van der Waals surface area contributed by atoms with Crippen LogP contribution in [0.25, 0.3) is 0 Å². The fourth-order valence-corrected chi connectivity index (χ4v) is 1.11. The second-order valence-corrected chi connectivity index (χ2v) is 2.60. The SMILES string of the molecule is [O-]NC1C=CC=CN1CCCO. The van der Waals surface area contributed by atoms with Crippen molar-refractivity contribution in [2.24, 2.45) is 0 Å². The molecule has 12 heavy (non-hydrogen) atoms. The number of nitrogens with zero attached hydrogens (tertiary/aromatic N) is 1. The molecule has 0 aromatic rings. The summed E-state index contributed by atoms with van der Waals surface area (Å²) in [5.74, 6) is 0. The maximum atomic E-state index is 10.4. The lowest BCUT2D eigenvalue weighted by atomic mass is 10.3. The lowest BCUT2D eigenvalue weighted by molar-refractivity contribution is 0.235. The van der Waals surface area contributed by atoms with E-state index in [1.54, 1.807) is 6.08 Å². The monoisotopic (exact) mass is 169 g/mol. The number of aliphatic hydroxyl groups excluding tert-OH is 1. The maximum absolute atomic E-state index is 10.4. The predicted molar refractivity (Wildman–Crippen MR) is 47.0 cm³/mol. The molecule has 0 radical (unpaired) electrons. The molecule has 0 saturated carbocycles. The van der Waals surface area contributed by atoms with Crippen LogP contribution in [0.3, 0.4) is 0 Å². The Labute approximate surface area is 71.8 Å². The van der Waals surface area contributed by atoms with Crippen molar-refractivity contribution >= 4 is 0 Å². The fraction of sp³-hybridized carbons (Fsp3) is 0.500.